The predicted molar refractivity (Wildman–Crippen MR) is 102 cm³/mol. The summed E-state index contributed by atoms with van der Waals surface area (Å²) in [4.78, 5) is 21.4. The quantitative estimate of drug-likeness (QED) is 0.709. The summed E-state index contributed by atoms with van der Waals surface area (Å²) in [6, 6.07) is 6.28. The molecule has 4 rings (SSSR count). The van der Waals surface area contributed by atoms with Crippen LogP contribution in [-0.4, -0.2) is 40.3 Å². The average molecular weight is 355 g/mol. The van der Waals surface area contributed by atoms with E-state index in [1.54, 1.807) is 16.0 Å². The smallest absolute Gasteiger partial charge is 0.246 e. The largest absolute Gasteiger partial charge is 0.337 e. The highest BCUT2D eigenvalue weighted by Crippen LogP contribution is 2.32. The van der Waals surface area contributed by atoms with E-state index in [2.05, 4.69) is 42.0 Å². The first kappa shape index (κ1) is 16.1. The number of hydrogen-bond acceptors (Lipinski definition) is 5. The van der Waals surface area contributed by atoms with Crippen LogP contribution in [0.5, 0.6) is 0 Å². The lowest BCUT2D eigenvalue weighted by Gasteiger charge is -2.34. The highest BCUT2D eigenvalue weighted by molar-refractivity contribution is 7.22. The number of nitrogens with zero attached hydrogens (tertiary/aromatic N) is 5. The molecule has 0 bridgehead atoms. The number of benzene rings is 1. The van der Waals surface area contributed by atoms with Crippen molar-refractivity contribution in [2.75, 3.05) is 29.4 Å². The lowest BCUT2D eigenvalue weighted by Crippen LogP contribution is -2.50. The van der Waals surface area contributed by atoms with Crippen molar-refractivity contribution < 1.29 is 4.79 Å². The summed E-state index contributed by atoms with van der Waals surface area (Å²) in [6.45, 7) is 7.94. The van der Waals surface area contributed by atoms with Gasteiger partial charge in [0.25, 0.3) is 0 Å². The molecule has 0 spiro atoms. The summed E-state index contributed by atoms with van der Waals surface area (Å²) in [5.74, 6) is 0.116. The van der Waals surface area contributed by atoms with E-state index in [-0.39, 0.29) is 5.91 Å². The molecule has 0 N–H and O–H groups in total. The molecule has 0 unspecified atom stereocenters. The fraction of sp³-hybridized carbons (Fsp3) is 0.389. The number of carbonyl (C=O) groups excluding carboxylic acids is 1. The van der Waals surface area contributed by atoms with Crippen LogP contribution in [-0.2, 0) is 11.8 Å². The zero-order chi connectivity index (χ0) is 17.7. The molecular weight excluding hydrogens is 334 g/mol. The Hall–Kier alpha value is -2.41. The van der Waals surface area contributed by atoms with Crippen LogP contribution in [0.1, 0.15) is 16.8 Å². The number of piperazine rings is 1. The summed E-state index contributed by atoms with van der Waals surface area (Å²) >= 11 is 1.62. The molecule has 0 atom stereocenters. The Bertz CT molecular complexity index is 919. The number of fused-ring (bicyclic) bond motifs is 1. The summed E-state index contributed by atoms with van der Waals surface area (Å²) < 4.78 is 2.90. The second-order valence-corrected chi connectivity index (χ2v) is 7.65. The van der Waals surface area contributed by atoms with Crippen LogP contribution in [0.3, 0.4) is 0 Å². The lowest BCUT2D eigenvalue weighted by atomic mass is 10.1. The summed E-state index contributed by atoms with van der Waals surface area (Å²) in [5.41, 5.74) is 5.23. The topological polar surface area (TPSA) is 54.3 Å². The van der Waals surface area contributed by atoms with Crippen molar-refractivity contribution in [3.63, 3.8) is 0 Å². The summed E-state index contributed by atoms with van der Waals surface area (Å²) in [7, 11) is 1.90. The van der Waals surface area contributed by atoms with Crippen molar-refractivity contribution in [1.29, 1.82) is 0 Å². The highest BCUT2D eigenvalue weighted by atomic mass is 32.1. The van der Waals surface area contributed by atoms with E-state index in [4.69, 9.17) is 4.98 Å². The number of thiazole rings is 1. The van der Waals surface area contributed by atoms with Crippen LogP contribution in [0.25, 0.3) is 10.3 Å². The van der Waals surface area contributed by atoms with Gasteiger partial charge in [-0.1, -0.05) is 17.4 Å². The Balaban J connectivity index is 1.58. The van der Waals surface area contributed by atoms with Crippen molar-refractivity contribution in [3.8, 4) is 0 Å². The lowest BCUT2D eigenvalue weighted by molar-refractivity contribution is -0.117. The molecule has 2 aromatic heterocycles. The fourth-order valence-electron chi connectivity index (χ4n) is 3.43. The van der Waals surface area contributed by atoms with Crippen LogP contribution in [0, 0.1) is 20.8 Å². The first-order valence-corrected chi connectivity index (χ1v) is 9.18. The summed E-state index contributed by atoms with van der Waals surface area (Å²) in [6.07, 6.45) is 0. The van der Waals surface area contributed by atoms with Gasteiger partial charge in [-0.2, -0.15) is 5.10 Å². The molecule has 6 nitrogen and oxygen atoms in total. The molecule has 0 radical (unpaired) electrons. The van der Waals surface area contributed by atoms with E-state index in [9.17, 15) is 4.79 Å². The Morgan fingerprint density at radius 3 is 2.44 bits per heavy atom. The minimum atomic E-state index is 0.116. The standard InChI is InChI=1S/C18H21N5OS/c1-11-7-12(2)9-14(8-11)23-6-5-22(10-15(23)24)18-19-17-16(25-18)13(3)20-21(17)4/h7-9H,5-6,10H2,1-4H3. The summed E-state index contributed by atoms with van der Waals surface area (Å²) in [5, 5.41) is 5.29. The number of aryl methyl sites for hydroxylation is 4. The SMILES string of the molecule is Cc1cc(C)cc(N2CCN(c3nc4c(s3)c(C)nn4C)CC2=O)c1. The van der Waals surface area contributed by atoms with Crippen LogP contribution in [0.15, 0.2) is 18.2 Å². The van der Waals surface area contributed by atoms with Crippen molar-refractivity contribution in [2.45, 2.75) is 20.8 Å². The van der Waals surface area contributed by atoms with Gasteiger partial charge in [0.05, 0.1) is 16.9 Å². The molecule has 7 heteroatoms. The molecule has 1 aromatic carbocycles. The van der Waals surface area contributed by atoms with Crippen LogP contribution in [0.4, 0.5) is 10.8 Å². The molecule has 0 aliphatic carbocycles. The maximum Gasteiger partial charge on any atom is 0.246 e. The average Bonchev–Trinajstić information content (AvgIpc) is 3.08. The molecule has 130 valence electrons. The van der Waals surface area contributed by atoms with Gasteiger partial charge in [0.2, 0.25) is 5.91 Å². The fourth-order valence-corrected chi connectivity index (χ4v) is 4.48. The maximum atomic E-state index is 12.7. The van der Waals surface area contributed by atoms with Crippen LogP contribution in [0.2, 0.25) is 0 Å². The Kier molecular flexibility index (Phi) is 3.76. The number of hydrogen-bond donors (Lipinski definition) is 0. The van der Waals surface area contributed by atoms with Crippen molar-refractivity contribution in [3.05, 3.63) is 35.0 Å². The monoisotopic (exact) mass is 355 g/mol. The predicted octanol–water partition coefficient (Wildman–Crippen LogP) is 2.81. The molecule has 25 heavy (non-hydrogen) atoms. The molecule has 1 aliphatic rings. The van der Waals surface area contributed by atoms with E-state index >= 15 is 0 Å². The molecule has 3 aromatic rings. The van der Waals surface area contributed by atoms with Gasteiger partial charge in [-0.3, -0.25) is 4.79 Å². The second kappa shape index (κ2) is 5.84. The van der Waals surface area contributed by atoms with Gasteiger partial charge in [-0.05, 0) is 44.0 Å². The van der Waals surface area contributed by atoms with Gasteiger partial charge >= 0.3 is 0 Å². The molecule has 1 amide bonds. The first-order chi connectivity index (χ1) is 11.9. The molecule has 1 fully saturated rings. The molecule has 1 saturated heterocycles. The van der Waals surface area contributed by atoms with E-state index in [0.29, 0.717) is 13.1 Å². The van der Waals surface area contributed by atoms with Crippen molar-refractivity contribution in [1.82, 2.24) is 14.8 Å². The first-order valence-electron chi connectivity index (χ1n) is 8.36. The zero-order valence-electron chi connectivity index (χ0n) is 14.9. The number of aromatic nitrogens is 3. The zero-order valence-corrected chi connectivity index (χ0v) is 15.7. The van der Waals surface area contributed by atoms with Crippen molar-refractivity contribution >= 4 is 38.4 Å². The third kappa shape index (κ3) is 2.78. The van der Waals surface area contributed by atoms with E-state index in [1.807, 2.05) is 18.9 Å². The number of carbonyl (C=O) groups is 1. The van der Waals surface area contributed by atoms with E-state index in [1.165, 1.54) is 11.1 Å². The highest BCUT2D eigenvalue weighted by Gasteiger charge is 2.28. The van der Waals surface area contributed by atoms with Gasteiger partial charge in [-0.15, -0.1) is 0 Å². The van der Waals surface area contributed by atoms with E-state index < -0.39 is 0 Å². The Labute approximate surface area is 150 Å². The van der Waals surface area contributed by atoms with Gasteiger partial charge in [0, 0.05) is 25.8 Å². The van der Waals surface area contributed by atoms with E-state index in [0.717, 1.165) is 33.4 Å². The van der Waals surface area contributed by atoms with Gasteiger partial charge in [0.15, 0.2) is 10.8 Å². The minimum Gasteiger partial charge on any atom is -0.337 e. The maximum absolute atomic E-state index is 12.7. The molecule has 1 aliphatic heterocycles. The third-order valence-electron chi connectivity index (χ3n) is 4.54. The minimum absolute atomic E-state index is 0.116. The van der Waals surface area contributed by atoms with Crippen molar-refractivity contribution in [2.24, 2.45) is 7.05 Å². The van der Waals surface area contributed by atoms with Gasteiger partial charge in [0.1, 0.15) is 0 Å². The van der Waals surface area contributed by atoms with Gasteiger partial charge in [-0.25, -0.2) is 9.67 Å². The Morgan fingerprint density at radius 2 is 1.80 bits per heavy atom. The van der Waals surface area contributed by atoms with Crippen LogP contribution >= 0.6 is 11.3 Å². The normalized spacial score (nSPS) is 15.4. The molecule has 3 heterocycles. The second-order valence-electron chi connectivity index (χ2n) is 6.67. The third-order valence-corrected chi connectivity index (χ3v) is 5.76. The van der Waals surface area contributed by atoms with Gasteiger partial charge < -0.3 is 9.80 Å². The number of anilines is 2. The molecular formula is C18H21N5OS. The Morgan fingerprint density at radius 1 is 1.08 bits per heavy atom. The number of amides is 1. The number of rotatable bonds is 2. The van der Waals surface area contributed by atoms with Crippen LogP contribution < -0.4 is 9.80 Å². The molecule has 0 saturated carbocycles.